The molecule has 0 bridgehead atoms. The summed E-state index contributed by atoms with van der Waals surface area (Å²) in [6.45, 7) is 0. The number of rotatable bonds is 3. The first-order chi connectivity index (χ1) is 7.95. The summed E-state index contributed by atoms with van der Waals surface area (Å²) < 4.78 is 5.32. The van der Waals surface area contributed by atoms with Gasteiger partial charge in [-0.15, -0.1) is 12.4 Å². The van der Waals surface area contributed by atoms with Crippen LogP contribution in [0.15, 0.2) is 64.7 Å². The van der Waals surface area contributed by atoms with E-state index in [9.17, 15) is 0 Å². The van der Waals surface area contributed by atoms with Crippen LogP contribution in [0.4, 0.5) is 0 Å². The number of hydrogen-bond donors (Lipinski definition) is 0. The van der Waals surface area contributed by atoms with Crippen molar-refractivity contribution < 1.29 is 21.4 Å². The Morgan fingerprint density at radius 3 is 1.24 bits per heavy atom. The zero-order chi connectivity index (χ0) is 10.8. The molecule has 3 aliphatic carbocycles. The summed E-state index contributed by atoms with van der Waals surface area (Å²) in [5.41, 5.74) is 0. The molecule has 0 aromatic rings. The second-order valence-electron chi connectivity index (χ2n) is 4.35. The summed E-state index contributed by atoms with van der Waals surface area (Å²) in [7, 11) is 0. The maximum atomic E-state index is 2.39. The molecule has 0 aliphatic heterocycles. The van der Waals surface area contributed by atoms with Crippen LogP contribution in [0.5, 0.6) is 0 Å². The average molecular weight is 410 g/mol. The fourth-order valence-corrected chi connectivity index (χ4v) is 13.3. The molecule has 87 valence electrons. The Morgan fingerprint density at radius 1 is 0.647 bits per heavy atom. The molecule has 0 heterocycles. The van der Waals surface area contributed by atoms with E-state index in [0.29, 0.717) is 0 Å². The van der Waals surface area contributed by atoms with E-state index < -0.39 is 21.4 Å². The second kappa shape index (κ2) is 5.97. The van der Waals surface area contributed by atoms with E-state index >= 15 is 0 Å². The zero-order valence-electron chi connectivity index (χ0n) is 9.73. The molecule has 0 amide bonds. The van der Waals surface area contributed by atoms with Crippen molar-refractivity contribution in [2.75, 3.05) is 0 Å². The third-order valence-corrected chi connectivity index (χ3v) is 14.2. The summed E-state index contributed by atoms with van der Waals surface area (Å²) in [5.74, 6) is 0. The van der Waals surface area contributed by atoms with Gasteiger partial charge in [-0.1, -0.05) is 0 Å². The zero-order valence-corrected chi connectivity index (χ0v) is 14.1. The SMILES string of the molecule is C1=CC[C]([Hf]([C]2=CC=CC2)[C]2=CC=CC2)=C1.Cl. The van der Waals surface area contributed by atoms with Crippen LogP contribution < -0.4 is 0 Å². The van der Waals surface area contributed by atoms with Gasteiger partial charge in [-0.2, -0.15) is 0 Å². The van der Waals surface area contributed by atoms with Crippen molar-refractivity contribution in [1.82, 2.24) is 0 Å². The minimum absolute atomic E-state index is 0. The van der Waals surface area contributed by atoms with Crippen molar-refractivity contribution in [3.63, 3.8) is 0 Å². The molecule has 0 nitrogen and oxygen atoms in total. The van der Waals surface area contributed by atoms with Gasteiger partial charge in [0, 0.05) is 0 Å². The molecule has 2 heteroatoms. The Balaban J connectivity index is 0.00000108. The van der Waals surface area contributed by atoms with Gasteiger partial charge in [-0.25, -0.2) is 0 Å². The normalized spacial score (nSPS) is 20.1. The van der Waals surface area contributed by atoms with Crippen LogP contribution in [0, 0.1) is 0 Å². The second-order valence-corrected chi connectivity index (χ2v) is 14.0. The van der Waals surface area contributed by atoms with E-state index in [1.807, 2.05) is 0 Å². The van der Waals surface area contributed by atoms with Crippen molar-refractivity contribution in [3.8, 4) is 0 Å². The third kappa shape index (κ3) is 2.72. The van der Waals surface area contributed by atoms with E-state index in [2.05, 4.69) is 54.7 Å². The monoisotopic (exact) mass is 411 g/mol. The number of halogens is 1. The average Bonchev–Trinajstić information content (AvgIpc) is 3.02. The maximum absolute atomic E-state index is 2.39. The molecular weight excluding hydrogens is 394 g/mol. The van der Waals surface area contributed by atoms with Crippen LogP contribution in [0.2, 0.25) is 0 Å². The molecule has 0 unspecified atom stereocenters. The van der Waals surface area contributed by atoms with Crippen molar-refractivity contribution in [1.29, 1.82) is 0 Å². The van der Waals surface area contributed by atoms with Gasteiger partial charge in [0.15, 0.2) is 0 Å². The van der Waals surface area contributed by atoms with Crippen molar-refractivity contribution >= 4 is 12.4 Å². The molecule has 0 radical (unpaired) electrons. The van der Waals surface area contributed by atoms with Gasteiger partial charge < -0.3 is 0 Å². The smallest absolute Gasteiger partial charge is 0.147 e. The minimum Gasteiger partial charge on any atom is -0.147 e. The molecule has 3 aliphatic rings. The van der Waals surface area contributed by atoms with Crippen LogP contribution in [-0.2, 0) is 21.4 Å². The molecule has 0 fully saturated rings. The van der Waals surface area contributed by atoms with E-state index in [0.717, 1.165) is 0 Å². The van der Waals surface area contributed by atoms with Gasteiger partial charge in [0.05, 0.1) is 0 Å². The predicted octanol–water partition coefficient (Wildman–Crippen LogP) is 4.56. The molecule has 0 aromatic carbocycles. The van der Waals surface area contributed by atoms with Crippen LogP contribution in [0.3, 0.4) is 0 Å². The Morgan fingerprint density at radius 2 is 1.00 bits per heavy atom. The quantitative estimate of drug-likeness (QED) is 0.599. The topological polar surface area (TPSA) is 0 Å². The summed E-state index contributed by atoms with van der Waals surface area (Å²) in [6.07, 6.45) is 24.5. The van der Waals surface area contributed by atoms with Gasteiger partial charge in [-0.3, -0.25) is 0 Å². The Kier molecular flexibility index (Phi) is 4.58. The first-order valence-corrected chi connectivity index (χ1v) is 11.3. The van der Waals surface area contributed by atoms with E-state index in [-0.39, 0.29) is 12.4 Å². The number of hydrogen-bond acceptors (Lipinski definition) is 0. The fourth-order valence-electron chi connectivity index (χ4n) is 2.52. The molecule has 0 saturated carbocycles. The van der Waals surface area contributed by atoms with Crippen molar-refractivity contribution in [3.05, 3.63) is 64.7 Å². The van der Waals surface area contributed by atoms with Crippen molar-refractivity contribution in [2.45, 2.75) is 19.3 Å². The third-order valence-electron chi connectivity index (χ3n) is 3.28. The minimum atomic E-state index is -1.82. The molecule has 0 N–H and O–H groups in total. The molecule has 0 aromatic heterocycles. The molecule has 3 rings (SSSR count). The maximum Gasteiger partial charge on any atom is -0.147 e. The van der Waals surface area contributed by atoms with E-state index in [1.165, 1.54) is 19.3 Å². The van der Waals surface area contributed by atoms with Crippen LogP contribution in [0.1, 0.15) is 19.3 Å². The van der Waals surface area contributed by atoms with Gasteiger partial charge in [-0.05, 0) is 0 Å². The Hall–Kier alpha value is -0.400. The van der Waals surface area contributed by atoms with Crippen molar-refractivity contribution in [2.24, 2.45) is 0 Å². The first-order valence-electron chi connectivity index (χ1n) is 5.90. The summed E-state index contributed by atoms with van der Waals surface area (Å²) in [4.78, 5) is 0. The number of allylic oxidation sites excluding steroid dienone is 12. The summed E-state index contributed by atoms with van der Waals surface area (Å²) in [5, 5.41) is 0. The van der Waals surface area contributed by atoms with Gasteiger partial charge >= 0.3 is 105 Å². The van der Waals surface area contributed by atoms with Crippen LogP contribution in [-0.4, -0.2) is 0 Å². The van der Waals surface area contributed by atoms with E-state index in [4.69, 9.17) is 0 Å². The molecule has 0 atom stereocenters. The Labute approximate surface area is 117 Å². The standard InChI is InChI=1S/3C5H5.ClH.Hf/c3*1-2-4-5-3-1;;/h3*1-3H,4H2;1H;. The fraction of sp³-hybridized carbons (Fsp3) is 0.200. The molecular formula is C15H16ClHf. The van der Waals surface area contributed by atoms with Crippen LogP contribution in [0.25, 0.3) is 0 Å². The molecule has 17 heavy (non-hydrogen) atoms. The van der Waals surface area contributed by atoms with Gasteiger partial charge in [0.2, 0.25) is 0 Å². The summed E-state index contributed by atoms with van der Waals surface area (Å²) >= 11 is -1.82. The van der Waals surface area contributed by atoms with Gasteiger partial charge in [0.1, 0.15) is 0 Å². The largest absolute Gasteiger partial charge is 0.147 e. The Bertz CT molecular complexity index is 404. The van der Waals surface area contributed by atoms with E-state index in [1.54, 1.807) is 9.99 Å². The van der Waals surface area contributed by atoms with Gasteiger partial charge in [0.25, 0.3) is 0 Å². The van der Waals surface area contributed by atoms with Crippen LogP contribution >= 0.6 is 12.4 Å². The molecule has 0 saturated heterocycles. The first kappa shape index (κ1) is 13.0. The summed E-state index contributed by atoms with van der Waals surface area (Å²) in [6, 6.07) is 0. The molecule has 0 spiro atoms. The predicted molar refractivity (Wildman–Crippen MR) is 72.8 cm³/mol.